The molecule has 1 aromatic rings. The molecule has 122 valence electrons. The number of hydrogen-bond acceptors (Lipinski definition) is 5. The molecule has 1 amide bonds. The lowest BCUT2D eigenvalue weighted by Gasteiger charge is -2.39. The van der Waals surface area contributed by atoms with Crippen molar-refractivity contribution in [2.24, 2.45) is 11.3 Å². The highest BCUT2D eigenvalue weighted by Gasteiger charge is 2.42. The molecule has 0 radical (unpaired) electrons. The highest BCUT2D eigenvalue weighted by atomic mass is 16.5. The minimum Gasteiger partial charge on any atom is -0.366 e. The molecule has 1 atom stereocenters. The summed E-state index contributed by atoms with van der Waals surface area (Å²) in [6.07, 6.45) is 4.53. The number of hydrogen-bond donors (Lipinski definition) is 0. The van der Waals surface area contributed by atoms with Crippen molar-refractivity contribution in [3.8, 4) is 0 Å². The van der Waals surface area contributed by atoms with Gasteiger partial charge in [-0.15, -0.1) is 0 Å². The predicted octanol–water partition coefficient (Wildman–Crippen LogP) is 2.49. The Kier molecular flexibility index (Phi) is 4.21. The second-order valence-corrected chi connectivity index (χ2v) is 6.99. The minimum absolute atomic E-state index is 0.230. The maximum Gasteiger partial charge on any atom is 0.228 e. The first kappa shape index (κ1) is 15.5. The van der Waals surface area contributed by atoms with E-state index in [-0.39, 0.29) is 17.4 Å². The van der Waals surface area contributed by atoms with Gasteiger partial charge in [0.1, 0.15) is 6.10 Å². The summed E-state index contributed by atoms with van der Waals surface area (Å²) in [5.74, 6) is 1.78. The maximum absolute atomic E-state index is 13.0. The Morgan fingerprint density at radius 1 is 1.32 bits per heavy atom. The Balaban J connectivity index is 1.69. The van der Waals surface area contributed by atoms with Crippen LogP contribution in [0.4, 0.5) is 0 Å². The molecule has 0 aromatic carbocycles. The third-order valence-corrected chi connectivity index (χ3v) is 5.11. The molecule has 6 heteroatoms. The number of aryl methyl sites for hydroxylation is 1. The van der Waals surface area contributed by atoms with Crippen LogP contribution in [0.15, 0.2) is 4.52 Å². The highest BCUT2D eigenvalue weighted by molar-refractivity contribution is 5.82. The Morgan fingerprint density at radius 2 is 2.05 bits per heavy atom. The summed E-state index contributed by atoms with van der Waals surface area (Å²) in [5, 5.41) is 3.92. The molecule has 6 nitrogen and oxygen atoms in total. The lowest BCUT2D eigenvalue weighted by molar-refractivity contribution is -0.151. The zero-order valence-electron chi connectivity index (χ0n) is 13.7. The molecule has 2 aliphatic rings. The summed E-state index contributed by atoms with van der Waals surface area (Å²) >= 11 is 0. The smallest absolute Gasteiger partial charge is 0.228 e. The van der Waals surface area contributed by atoms with Crippen LogP contribution in [0.1, 0.15) is 57.3 Å². The van der Waals surface area contributed by atoms with Gasteiger partial charge in [-0.05, 0) is 18.8 Å². The van der Waals surface area contributed by atoms with Gasteiger partial charge in [0.2, 0.25) is 17.6 Å². The normalized spacial score (nSPS) is 24.0. The number of nitrogens with zero attached hydrogens (tertiary/aromatic N) is 3. The summed E-state index contributed by atoms with van der Waals surface area (Å²) in [7, 11) is 0. The van der Waals surface area contributed by atoms with Crippen molar-refractivity contribution in [1.29, 1.82) is 0 Å². The SMILES string of the molecule is Cc1nc(C2CN(C(=O)C(C)(C)C3CCCC3)CCO2)no1. The standard InChI is InChI=1S/C16H25N3O3/c1-11-17-14(18-22-11)13-10-19(8-9-21-13)15(20)16(2,3)12-6-4-5-7-12/h12-13H,4-10H2,1-3H3. The first-order valence-electron chi connectivity index (χ1n) is 8.19. The van der Waals surface area contributed by atoms with Crippen LogP contribution in [0.3, 0.4) is 0 Å². The fraction of sp³-hybridized carbons (Fsp3) is 0.812. The van der Waals surface area contributed by atoms with E-state index in [4.69, 9.17) is 9.26 Å². The lowest BCUT2D eigenvalue weighted by Crippen LogP contribution is -2.49. The molecule has 3 rings (SSSR count). The van der Waals surface area contributed by atoms with Crippen LogP contribution < -0.4 is 0 Å². The Hall–Kier alpha value is -1.43. The van der Waals surface area contributed by atoms with E-state index < -0.39 is 0 Å². The van der Waals surface area contributed by atoms with E-state index in [0.717, 1.165) is 12.8 Å². The van der Waals surface area contributed by atoms with Gasteiger partial charge in [-0.3, -0.25) is 4.79 Å². The van der Waals surface area contributed by atoms with Gasteiger partial charge in [-0.2, -0.15) is 4.98 Å². The van der Waals surface area contributed by atoms with Crippen LogP contribution in [0.2, 0.25) is 0 Å². The largest absolute Gasteiger partial charge is 0.366 e. The van der Waals surface area contributed by atoms with Gasteiger partial charge in [0, 0.05) is 18.9 Å². The second-order valence-electron chi connectivity index (χ2n) is 6.99. The average molecular weight is 307 g/mol. The molecular formula is C16H25N3O3. The van der Waals surface area contributed by atoms with E-state index in [1.807, 2.05) is 4.90 Å². The van der Waals surface area contributed by atoms with Gasteiger partial charge in [-0.1, -0.05) is 31.8 Å². The molecule has 1 aliphatic carbocycles. The molecule has 1 saturated carbocycles. The van der Waals surface area contributed by atoms with Crippen molar-refractivity contribution in [2.45, 2.75) is 52.6 Å². The van der Waals surface area contributed by atoms with Crippen molar-refractivity contribution in [3.63, 3.8) is 0 Å². The summed E-state index contributed by atoms with van der Waals surface area (Å²) in [4.78, 5) is 19.1. The molecule has 0 bridgehead atoms. The third kappa shape index (κ3) is 2.89. The fourth-order valence-corrected chi connectivity index (χ4v) is 3.67. The molecule has 0 spiro atoms. The number of rotatable bonds is 3. The number of amides is 1. The molecular weight excluding hydrogens is 282 g/mol. The van der Waals surface area contributed by atoms with Crippen LogP contribution in [0, 0.1) is 18.3 Å². The van der Waals surface area contributed by atoms with E-state index in [1.165, 1.54) is 12.8 Å². The van der Waals surface area contributed by atoms with Crippen LogP contribution in [0.25, 0.3) is 0 Å². The zero-order chi connectivity index (χ0) is 15.7. The zero-order valence-corrected chi connectivity index (χ0v) is 13.7. The molecule has 1 saturated heterocycles. The monoisotopic (exact) mass is 307 g/mol. The quantitative estimate of drug-likeness (QED) is 0.858. The average Bonchev–Trinajstić information content (AvgIpc) is 3.18. The highest BCUT2D eigenvalue weighted by Crippen LogP contribution is 2.41. The van der Waals surface area contributed by atoms with E-state index in [9.17, 15) is 4.79 Å². The number of carbonyl (C=O) groups is 1. The summed E-state index contributed by atoms with van der Waals surface area (Å²) in [6.45, 7) is 7.61. The van der Waals surface area contributed by atoms with Crippen LogP contribution >= 0.6 is 0 Å². The minimum atomic E-state index is -0.300. The first-order valence-corrected chi connectivity index (χ1v) is 8.19. The lowest BCUT2D eigenvalue weighted by atomic mass is 9.76. The molecule has 0 N–H and O–H groups in total. The van der Waals surface area contributed by atoms with Crippen LogP contribution in [-0.4, -0.2) is 40.6 Å². The topological polar surface area (TPSA) is 68.5 Å². The molecule has 1 aliphatic heterocycles. The number of ether oxygens (including phenoxy) is 1. The number of aromatic nitrogens is 2. The fourth-order valence-electron chi connectivity index (χ4n) is 3.67. The molecule has 1 aromatic heterocycles. The van der Waals surface area contributed by atoms with Crippen molar-refractivity contribution < 1.29 is 14.1 Å². The Morgan fingerprint density at radius 3 is 2.68 bits per heavy atom. The Labute approximate surface area is 131 Å². The molecule has 1 unspecified atom stereocenters. The van der Waals surface area contributed by atoms with Crippen molar-refractivity contribution >= 4 is 5.91 Å². The van der Waals surface area contributed by atoms with Gasteiger partial charge in [-0.25, -0.2) is 0 Å². The summed E-state index contributed by atoms with van der Waals surface area (Å²) in [5.41, 5.74) is -0.300. The van der Waals surface area contributed by atoms with Gasteiger partial charge in [0.15, 0.2) is 0 Å². The van der Waals surface area contributed by atoms with E-state index in [1.54, 1.807) is 6.92 Å². The number of morpholine rings is 1. The van der Waals surface area contributed by atoms with E-state index in [0.29, 0.717) is 37.3 Å². The molecule has 2 heterocycles. The van der Waals surface area contributed by atoms with Crippen molar-refractivity contribution in [3.05, 3.63) is 11.7 Å². The van der Waals surface area contributed by atoms with Gasteiger partial charge in [0.25, 0.3) is 0 Å². The maximum atomic E-state index is 13.0. The van der Waals surface area contributed by atoms with Gasteiger partial charge in [0.05, 0.1) is 13.2 Å². The second kappa shape index (κ2) is 5.99. The third-order valence-electron chi connectivity index (χ3n) is 5.11. The van der Waals surface area contributed by atoms with Gasteiger partial charge < -0.3 is 14.2 Å². The van der Waals surface area contributed by atoms with E-state index >= 15 is 0 Å². The van der Waals surface area contributed by atoms with E-state index in [2.05, 4.69) is 24.0 Å². The Bertz CT molecular complexity index is 534. The first-order chi connectivity index (χ1) is 10.5. The van der Waals surface area contributed by atoms with Gasteiger partial charge >= 0.3 is 0 Å². The summed E-state index contributed by atoms with van der Waals surface area (Å²) in [6, 6.07) is 0. The van der Waals surface area contributed by atoms with Crippen LogP contribution in [-0.2, 0) is 9.53 Å². The molecule has 2 fully saturated rings. The van der Waals surface area contributed by atoms with Crippen molar-refractivity contribution in [1.82, 2.24) is 15.0 Å². The van der Waals surface area contributed by atoms with Crippen molar-refractivity contribution in [2.75, 3.05) is 19.7 Å². The predicted molar refractivity (Wildman–Crippen MR) is 80.0 cm³/mol. The van der Waals surface area contributed by atoms with Crippen LogP contribution in [0.5, 0.6) is 0 Å². The number of carbonyl (C=O) groups excluding carboxylic acids is 1. The summed E-state index contributed by atoms with van der Waals surface area (Å²) < 4.78 is 10.7. The molecule has 22 heavy (non-hydrogen) atoms.